The number of urea groups is 1. The van der Waals surface area contributed by atoms with Crippen LogP contribution in [0.2, 0.25) is 0 Å². The normalized spacial score (nSPS) is 18.8. The van der Waals surface area contributed by atoms with E-state index < -0.39 is 23.2 Å². The maximum atomic E-state index is 11.1. The second-order valence-electron chi connectivity index (χ2n) is 2.65. The molecule has 0 radical (unpaired) electrons. The number of nitrogens with zero attached hydrogens (tertiary/aromatic N) is 1. The summed E-state index contributed by atoms with van der Waals surface area (Å²) >= 11 is 5.24. The van der Waals surface area contributed by atoms with Gasteiger partial charge in [0.15, 0.2) is 0 Å². The van der Waals surface area contributed by atoms with E-state index in [1.54, 1.807) is 6.92 Å². The zero-order valence-electron chi connectivity index (χ0n) is 7.04. The molecule has 0 spiro atoms. The minimum atomic E-state index is -0.836. The maximum Gasteiger partial charge on any atom is 0.325 e. The molecule has 1 N–H and O–H groups in total. The van der Waals surface area contributed by atoms with Gasteiger partial charge in [-0.25, -0.2) is 4.79 Å². The molecule has 3 amide bonds. The van der Waals surface area contributed by atoms with Crippen LogP contribution in [0.25, 0.3) is 0 Å². The summed E-state index contributed by atoms with van der Waals surface area (Å²) < 4.78 is 0. The monoisotopic (exact) mass is 204 g/mol. The Morgan fingerprint density at radius 2 is 2.31 bits per heavy atom. The molecule has 0 saturated carbocycles. The lowest BCUT2D eigenvalue weighted by molar-refractivity contribution is -0.130. The summed E-state index contributed by atoms with van der Waals surface area (Å²) in [5.41, 5.74) is 0. The average Bonchev–Trinajstić information content (AvgIpc) is 2.36. The molecule has 1 atom stereocenters. The first-order chi connectivity index (χ1) is 6.07. The van der Waals surface area contributed by atoms with Crippen molar-refractivity contribution in [3.05, 3.63) is 0 Å². The average molecular weight is 205 g/mol. The third kappa shape index (κ3) is 1.80. The highest BCUT2D eigenvalue weighted by atomic mass is 35.5. The molecule has 1 aliphatic heterocycles. The molecular formula is C7H9ClN2O3. The van der Waals surface area contributed by atoms with Crippen LogP contribution in [0.5, 0.6) is 0 Å². The lowest BCUT2D eigenvalue weighted by Gasteiger charge is -2.19. The SMILES string of the molecule is CCC(C(=O)Cl)N1C(=O)CNC1=O. The Kier molecular flexibility index (Phi) is 2.87. The summed E-state index contributed by atoms with van der Waals surface area (Å²) in [4.78, 5) is 33.9. The first-order valence-corrected chi connectivity index (χ1v) is 4.25. The van der Waals surface area contributed by atoms with Gasteiger partial charge in [-0.2, -0.15) is 0 Å². The van der Waals surface area contributed by atoms with Crippen molar-refractivity contribution in [1.29, 1.82) is 0 Å². The fraction of sp³-hybridized carbons (Fsp3) is 0.571. The Morgan fingerprint density at radius 1 is 1.69 bits per heavy atom. The fourth-order valence-electron chi connectivity index (χ4n) is 1.19. The second-order valence-corrected chi connectivity index (χ2v) is 3.02. The Balaban J connectivity index is 2.84. The van der Waals surface area contributed by atoms with Crippen LogP contribution in [0.15, 0.2) is 0 Å². The van der Waals surface area contributed by atoms with Gasteiger partial charge >= 0.3 is 6.03 Å². The Hall–Kier alpha value is -1.10. The van der Waals surface area contributed by atoms with Gasteiger partial charge in [0.05, 0.1) is 6.54 Å². The van der Waals surface area contributed by atoms with Gasteiger partial charge in [0.25, 0.3) is 5.91 Å². The van der Waals surface area contributed by atoms with Crippen LogP contribution in [0.1, 0.15) is 13.3 Å². The largest absolute Gasteiger partial charge is 0.329 e. The first-order valence-electron chi connectivity index (χ1n) is 3.87. The van der Waals surface area contributed by atoms with Crippen molar-refractivity contribution in [2.45, 2.75) is 19.4 Å². The van der Waals surface area contributed by atoms with Gasteiger partial charge < -0.3 is 5.32 Å². The molecule has 1 heterocycles. The van der Waals surface area contributed by atoms with Crippen LogP contribution in [0.3, 0.4) is 0 Å². The second kappa shape index (κ2) is 3.74. The number of hydrogen-bond donors (Lipinski definition) is 1. The Labute approximate surface area is 80.0 Å². The van der Waals surface area contributed by atoms with E-state index in [0.717, 1.165) is 4.90 Å². The molecule has 0 aromatic heterocycles. The van der Waals surface area contributed by atoms with Crippen molar-refractivity contribution in [1.82, 2.24) is 10.2 Å². The number of imide groups is 1. The van der Waals surface area contributed by atoms with Gasteiger partial charge in [-0.05, 0) is 18.0 Å². The van der Waals surface area contributed by atoms with E-state index in [4.69, 9.17) is 11.6 Å². The number of hydrogen-bond acceptors (Lipinski definition) is 3. The molecule has 6 heteroatoms. The summed E-state index contributed by atoms with van der Waals surface area (Å²) in [7, 11) is 0. The van der Waals surface area contributed by atoms with E-state index in [-0.39, 0.29) is 6.54 Å². The summed E-state index contributed by atoms with van der Waals surface area (Å²) in [6.07, 6.45) is 0.335. The quantitative estimate of drug-likeness (QED) is 0.523. The number of halogens is 1. The summed E-state index contributed by atoms with van der Waals surface area (Å²) in [5.74, 6) is -0.411. The molecular weight excluding hydrogens is 196 g/mol. The third-order valence-electron chi connectivity index (χ3n) is 1.84. The topological polar surface area (TPSA) is 66.5 Å². The van der Waals surface area contributed by atoms with Crippen molar-refractivity contribution in [2.24, 2.45) is 0 Å². The molecule has 0 aromatic rings. The number of carbonyl (C=O) groups is 3. The van der Waals surface area contributed by atoms with E-state index >= 15 is 0 Å². The van der Waals surface area contributed by atoms with Crippen molar-refractivity contribution in [3.63, 3.8) is 0 Å². The van der Waals surface area contributed by atoms with Crippen LogP contribution >= 0.6 is 11.6 Å². The van der Waals surface area contributed by atoms with Gasteiger partial charge in [0.2, 0.25) is 5.24 Å². The van der Waals surface area contributed by atoms with E-state index in [9.17, 15) is 14.4 Å². The zero-order chi connectivity index (χ0) is 10.0. The van der Waals surface area contributed by atoms with Crippen LogP contribution < -0.4 is 5.32 Å². The van der Waals surface area contributed by atoms with Crippen LogP contribution in [0.4, 0.5) is 4.79 Å². The van der Waals surface area contributed by atoms with Gasteiger partial charge in [0, 0.05) is 0 Å². The first kappa shape index (κ1) is 9.98. The van der Waals surface area contributed by atoms with Crippen molar-refractivity contribution >= 4 is 28.8 Å². The number of carbonyl (C=O) groups excluding carboxylic acids is 3. The molecule has 1 rings (SSSR count). The van der Waals surface area contributed by atoms with Crippen molar-refractivity contribution in [3.8, 4) is 0 Å². The fourth-order valence-corrected chi connectivity index (χ4v) is 1.45. The lowest BCUT2D eigenvalue weighted by Crippen LogP contribution is -2.43. The smallest absolute Gasteiger partial charge is 0.325 e. The molecule has 5 nitrogen and oxygen atoms in total. The van der Waals surface area contributed by atoms with Crippen LogP contribution in [-0.4, -0.2) is 34.7 Å². The minimum Gasteiger partial charge on any atom is -0.329 e. The van der Waals surface area contributed by atoms with Gasteiger partial charge in [0.1, 0.15) is 6.04 Å². The molecule has 0 bridgehead atoms. The molecule has 72 valence electrons. The van der Waals surface area contributed by atoms with Crippen molar-refractivity contribution < 1.29 is 14.4 Å². The zero-order valence-corrected chi connectivity index (χ0v) is 7.80. The van der Waals surface area contributed by atoms with Gasteiger partial charge in [-0.1, -0.05) is 6.92 Å². The minimum absolute atomic E-state index is 0.0560. The predicted molar refractivity (Wildman–Crippen MR) is 45.2 cm³/mol. The Morgan fingerprint density at radius 3 is 2.62 bits per heavy atom. The summed E-state index contributed by atoms with van der Waals surface area (Å²) in [6, 6.07) is -1.39. The number of nitrogens with one attached hydrogen (secondary N) is 1. The number of rotatable bonds is 3. The Bertz CT molecular complexity index is 250. The lowest BCUT2D eigenvalue weighted by atomic mass is 10.2. The molecule has 1 saturated heterocycles. The van der Waals surface area contributed by atoms with Crippen LogP contribution in [0, 0.1) is 0 Å². The molecule has 0 aliphatic carbocycles. The van der Waals surface area contributed by atoms with Crippen molar-refractivity contribution in [2.75, 3.05) is 6.54 Å². The summed E-state index contributed by atoms with van der Waals surface area (Å²) in [6.45, 7) is 1.63. The molecule has 0 aromatic carbocycles. The third-order valence-corrected chi connectivity index (χ3v) is 2.09. The highest BCUT2D eigenvalue weighted by molar-refractivity contribution is 6.65. The van der Waals surface area contributed by atoms with Gasteiger partial charge in [-0.15, -0.1) is 0 Å². The van der Waals surface area contributed by atoms with Crippen LogP contribution in [-0.2, 0) is 9.59 Å². The highest BCUT2D eigenvalue weighted by Crippen LogP contribution is 2.11. The van der Waals surface area contributed by atoms with Gasteiger partial charge in [-0.3, -0.25) is 14.5 Å². The van der Waals surface area contributed by atoms with E-state index in [0.29, 0.717) is 6.42 Å². The maximum absolute atomic E-state index is 11.1. The molecule has 13 heavy (non-hydrogen) atoms. The van der Waals surface area contributed by atoms with E-state index in [1.165, 1.54) is 0 Å². The molecule has 1 fully saturated rings. The molecule has 1 unspecified atom stereocenters. The predicted octanol–water partition coefficient (Wildman–Crippen LogP) is 0.0822. The highest BCUT2D eigenvalue weighted by Gasteiger charge is 2.36. The van der Waals surface area contributed by atoms with E-state index in [2.05, 4.69) is 5.32 Å². The summed E-state index contributed by atoms with van der Waals surface area (Å²) in [5, 5.41) is 1.63. The standard InChI is InChI=1S/C7H9ClN2O3/c1-2-4(6(8)12)10-5(11)3-9-7(10)13/h4H,2-3H2,1H3,(H,9,13). The molecule has 1 aliphatic rings. The van der Waals surface area contributed by atoms with E-state index in [1.807, 2.05) is 0 Å². The number of amides is 3.